The Bertz CT molecular complexity index is 934. The van der Waals surface area contributed by atoms with Crippen LogP contribution in [0.5, 0.6) is 0 Å². The smallest absolute Gasteiger partial charge is 0.264 e. The molecule has 2 aromatic rings. The van der Waals surface area contributed by atoms with Crippen molar-refractivity contribution in [2.24, 2.45) is 0 Å². The van der Waals surface area contributed by atoms with Gasteiger partial charge in [0, 0.05) is 24.7 Å². The van der Waals surface area contributed by atoms with Crippen LogP contribution in [0.3, 0.4) is 0 Å². The number of sulfonamides is 1. The third-order valence-corrected chi connectivity index (χ3v) is 6.62. The van der Waals surface area contributed by atoms with Crippen LogP contribution in [0.2, 0.25) is 0 Å². The molecule has 0 radical (unpaired) electrons. The molecule has 152 valence electrons. The van der Waals surface area contributed by atoms with Crippen LogP contribution in [0, 0.1) is 0 Å². The molecule has 1 unspecified atom stereocenters. The van der Waals surface area contributed by atoms with E-state index >= 15 is 0 Å². The van der Waals surface area contributed by atoms with Crippen LogP contribution < -0.4 is 14.9 Å². The fraction of sp³-hybridized carbons (Fsp3) is 0.350. The molecule has 8 heteroatoms. The Morgan fingerprint density at radius 3 is 2.68 bits per heavy atom. The monoisotopic (exact) mass is 423 g/mol. The van der Waals surface area contributed by atoms with E-state index in [1.54, 1.807) is 18.2 Å². The van der Waals surface area contributed by atoms with Gasteiger partial charge in [0.2, 0.25) is 0 Å². The number of carbonyl (C=O) groups is 1. The van der Waals surface area contributed by atoms with Gasteiger partial charge in [-0.1, -0.05) is 24.3 Å². The van der Waals surface area contributed by atoms with Crippen LogP contribution in [0.4, 0.5) is 5.69 Å². The molecule has 6 nitrogen and oxygen atoms in total. The second-order valence-electron chi connectivity index (χ2n) is 6.74. The number of nitrogens with one attached hydrogen (secondary N) is 2. The Kier molecular flexibility index (Phi) is 7.46. The third-order valence-electron chi connectivity index (χ3n) is 4.81. The van der Waals surface area contributed by atoms with Crippen LogP contribution in [-0.2, 0) is 16.4 Å². The number of carbonyl (C=O) groups excluding carboxylic acids is 1. The van der Waals surface area contributed by atoms with Crippen molar-refractivity contribution in [2.45, 2.75) is 30.7 Å². The molecule has 1 heterocycles. The largest absolute Gasteiger partial charge is 0.350 e. The quantitative estimate of drug-likeness (QED) is 0.748. The zero-order valence-corrected chi connectivity index (χ0v) is 17.6. The van der Waals surface area contributed by atoms with E-state index in [4.69, 9.17) is 0 Å². The first kappa shape index (κ1) is 22.2. The summed E-state index contributed by atoms with van der Waals surface area (Å²) in [4.78, 5) is 12.5. The summed E-state index contributed by atoms with van der Waals surface area (Å²) >= 11 is 0. The highest BCUT2D eigenvalue weighted by atomic mass is 35.5. The Morgan fingerprint density at radius 1 is 1.18 bits per heavy atom. The number of halogens is 1. The Labute approximate surface area is 172 Å². The molecule has 0 saturated carbocycles. The van der Waals surface area contributed by atoms with Gasteiger partial charge in [0.25, 0.3) is 15.9 Å². The predicted molar refractivity (Wildman–Crippen MR) is 114 cm³/mol. The lowest BCUT2D eigenvalue weighted by Crippen LogP contribution is -2.37. The summed E-state index contributed by atoms with van der Waals surface area (Å²) in [7, 11) is -1.91. The summed E-state index contributed by atoms with van der Waals surface area (Å²) in [5.74, 6) is -0.284. The molecule has 0 fully saturated rings. The Morgan fingerprint density at radius 2 is 1.93 bits per heavy atom. The molecule has 1 aliphatic heterocycles. The Hall–Kier alpha value is -2.09. The second kappa shape index (κ2) is 9.41. The lowest BCUT2D eigenvalue weighted by Gasteiger charge is -2.30. The first-order valence-electron chi connectivity index (χ1n) is 9.09. The van der Waals surface area contributed by atoms with Crippen molar-refractivity contribution in [3.05, 3.63) is 59.7 Å². The number of hydrogen-bond donors (Lipinski definition) is 2. The summed E-state index contributed by atoms with van der Waals surface area (Å²) in [6, 6.07) is 13.9. The van der Waals surface area contributed by atoms with Crippen molar-refractivity contribution in [1.29, 1.82) is 0 Å². The molecule has 2 N–H and O–H groups in total. The number of para-hydroxylation sites is 1. The number of fused-ring (bicyclic) bond motifs is 1. The molecular formula is C20H26ClN3O3S. The SMILES string of the molecule is CNC(C)CNC(=O)c1cccc(S(=O)(=O)N2CCCc3ccccc32)c1.Cl. The summed E-state index contributed by atoms with van der Waals surface area (Å²) in [5.41, 5.74) is 2.09. The van der Waals surface area contributed by atoms with E-state index in [1.165, 1.54) is 10.4 Å². The molecule has 28 heavy (non-hydrogen) atoms. The van der Waals surface area contributed by atoms with Crippen molar-refractivity contribution >= 4 is 34.0 Å². The number of amides is 1. The van der Waals surface area contributed by atoms with E-state index < -0.39 is 10.0 Å². The first-order chi connectivity index (χ1) is 12.9. The van der Waals surface area contributed by atoms with Crippen LogP contribution in [0.15, 0.2) is 53.4 Å². The van der Waals surface area contributed by atoms with Gasteiger partial charge in [0.1, 0.15) is 0 Å². The molecule has 0 aromatic heterocycles. The molecule has 1 atom stereocenters. The molecule has 1 aliphatic rings. The van der Waals surface area contributed by atoms with Crippen molar-refractivity contribution in [1.82, 2.24) is 10.6 Å². The molecule has 0 bridgehead atoms. The number of rotatable bonds is 6. The van der Waals surface area contributed by atoms with Gasteiger partial charge in [-0.3, -0.25) is 9.10 Å². The molecular weight excluding hydrogens is 398 g/mol. The number of benzene rings is 2. The topological polar surface area (TPSA) is 78.5 Å². The van der Waals surface area contributed by atoms with Gasteiger partial charge >= 0.3 is 0 Å². The van der Waals surface area contributed by atoms with Gasteiger partial charge in [0.15, 0.2) is 0 Å². The van der Waals surface area contributed by atoms with E-state index in [-0.39, 0.29) is 29.3 Å². The standard InChI is InChI=1S/C20H25N3O3S.ClH/c1-15(21-2)14-22-20(24)17-8-5-10-18(13-17)27(25,26)23-12-6-9-16-7-3-4-11-19(16)23;/h3-5,7-8,10-11,13,15,21H,6,9,12,14H2,1-2H3,(H,22,24);1H. The van der Waals surface area contributed by atoms with Gasteiger partial charge < -0.3 is 10.6 Å². The summed E-state index contributed by atoms with van der Waals surface area (Å²) in [6.45, 7) is 2.86. The zero-order valence-electron chi connectivity index (χ0n) is 16.0. The minimum absolute atomic E-state index is 0. The van der Waals surface area contributed by atoms with Crippen molar-refractivity contribution < 1.29 is 13.2 Å². The third kappa shape index (κ3) is 4.66. The lowest BCUT2D eigenvalue weighted by molar-refractivity contribution is 0.0950. The summed E-state index contributed by atoms with van der Waals surface area (Å²) in [5, 5.41) is 5.86. The van der Waals surface area contributed by atoms with E-state index in [0.29, 0.717) is 18.7 Å². The van der Waals surface area contributed by atoms with Gasteiger partial charge in [-0.25, -0.2) is 8.42 Å². The zero-order chi connectivity index (χ0) is 19.4. The summed E-state index contributed by atoms with van der Waals surface area (Å²) < 4.78 is 27.9. The number of hydrogen-bond acceptors (Lipinski definition) is 4. The average molecular weight is 424 g/mol. The molecule has 0 saturated heterocycles. The molecule has 0 aliphatic carbocycles. The number of anilines is 1. The highest BCUT2D eigenvalue weighted by Crippen LogP contribution is 2.31. The maximum Gasteiger partial charge on any atom is 0.264 e. The van der Waals surface area contributed by atoms with Gasteiger partial charge in [-0.15, -0.1) is 12.4 Å². The average Bonchev–Trinajstić information content (AvgIpc) is 2.71. The van der Waals surface area contributed by atoms with E-state index in [0.717, 1.165) is 24.1 Å². The van der Waals surface area contributed by atoms with Crippen LogP contribution in [0.1, 0.15) is 29.3 Å². The maximum absolute atomic E-state index is 13.2. The summed E-state index contributed by atoms with van der Waals surface area (Å²) in [6.07, 6.45) is 1.65. The minimum atomic E-state index is -3.73. The highest BCUT2D eigenvalue weighted by Gasteiger charge is 2.29. The molecule has 1 amide bonds. The van der Waals surface area contributed by atoms with Crippen molar-refractivity contribution in [3.8, 4) is 0 Å². The van der Waals surface area contributed by atoms with E-state index in [1.807, 2.05) is 38.2 Å². The van der Waals surface area contributed by atoms with Crippen LogP contribution >= 0.6 is 12.4 Å². The van der Waals surface area contributed by atoms with Gasteiger partial charge in [0.05, 0.1) is 10.6 Å². The highest BCUT2D eigenvalue weighted by molar-refractivity contribution is 7.92. The molecule has 0 spiro atoms. The number of aryl methyl sites for hydroxylation is 1. The van der Waals surface area contributed by atoms with Crippen molar-refractivity contribution in [3.63, 3.8) is 0 Å². The fourth-order valence-electron chi connectivity index (χ4n) is 3.12. The van der Waals surface area contributed by atoms with Crippen molar-refractivity contribution in [2.75, 3.05) is 24.4 Å². The predicted octanol–water partition coefficient (Wildman–Crippen LogP) is 2.59. The van der Waals surface area contributed by atoms with Crippen LogP contribution in [0.25, 0.3) is 0 Å². The number of likely N-dealkylation sites (N-methyl/N-ethyl adjacent to an activating group) is 1. The molecule has 3 rings (SSSR count). The first-order valence-corrected chi connectivity index (χ1v) is 10.5. The fourth-order valence-corrected chi connectivity index (χ4v) is 4.71. The normalized spacial score (nSPS) is 14.6. The maximum atomic E-state index is 13.2. The second-order valence-corrected chi connectivity index (χ2v) is 8.60. The van der Waals surface area contributed by atoms with Gasteiger partial charge in [-0.05, 0) is 56.6 Å². The molecule has 2 aromatic carbocycles. The van der Waals surface area contributed by atoms with Gasteiger partial charge in [-0.2, -0.15) is 0 Å². The van der Waals surface area contributed by atoms with E-state index in [9.17, 15) is 13.2 Å². The van der Waals surface area contributed by atoms with E-state index in [2.05, 4.69) is 10.6 Å². The van der Waals surface area contributed by atoms with Crippen LogP contribution in [-0.4, -0.2) is 40.5 Å². The lowest BCUT2D eigenvalue weighted by atomic mass is 10.0. The Balaban J connectivity index is 0.00000280. The number of nitrogens with zero attached hydrogens (tertiary/aromatic N) is 1. The minimum Gasteiger partial charge on any atom is -0.350 e.